The maximum absolute atomic E-state index is 13.1. The predicted octanol–water partition coefficient (Wildman–Crippen LogP) is 5.14. The summed E-state index contributed by atoms with van der Waals surface area (Å²) < 4.78 is 43.9. The van der Waals surface area contributed by atoms with Crippen molar-refractivity contribution in [1.29, 1.82) is 5.26 Å². The van der Waals surface area contributed by atoms with Crippen molar-refractivity contribution in [1.82, 2.24) is 9.97 Å². The lowest BCUT2D eigenvalue weighted by Gasteiger charge is -2.37. The number of nitrogens with zero attached hydrogens (tertiary/aromatic N) is 4. The Morgan fingerprint density at radius 2 is 1.86 bits per heavy atom. The second-order valence-corrected chi connectivity index (χ2v) is 7.88. The van der Waals surface area contributed by atoms with Crippen LogP contribution < -0.4 is 20.3 Å². The summed E-state index contributed by atoms with van der Waals surface area (Å²) in [6.45, 7) is -0.326. The molecule has 186 valence electrons. The minimum Gasteiger partial charge on any atom is -0.449 e. The maximum Gasteiger partial charge on any atom is 0.511 e. The zero-order chi connectivity index (χ0) is 25.4. The summed E-state index contributed by atoms with van der Waals surface area (Å²) in [5.74, 6) is -0.206. The molecular weight excluding hydrogens is 469 g/mol. The van der Waals surface area contributed by atoms with E-state index in [1.54, 1.807) is 11.0 Å². The molecule has 0 bridgehead atoms. The minimum absolute atomic E-state index is 0.0727. The van der Waals surface area contributed by atoms with Crippen molar-refractivity contribution in [3.05, 3.63) is 36.4 Å². The van der Waals surface area contributed by atoms with Gasteiger partial charge in [-0.25, -0.2) is 19.6 Å². The van der Waals surface area contributed by atoms with Crippen LogP contribution in [0.3, 0.4) is 0 Å². The van der Waals surface area contributed by atoms with Crippen LogP contribution in [-0.4, -0.2) is 46.0 Å². The van der Waals surface area contributed by atoms with Gasteiger partial charge in [-0.15, -0.1) is 0 Å². The van der Waals surface area contributed by atoms with Gasteiger partial charge in [0.15, 0.2) is 0 Å². The summed E-state index contributed by atoms with van der Waals surface area (Å²) in [6, 6.07) is 4.80. The highest BCUT2D eigenvalue weighted by Crippen LogP contribution is 2.36. The number of aromatic nitrogens is 2. The number of carboxylic acid groups (broad SMARTS) is 1. The van der Waals surface area contributed by atoms with Crippen LogP contribution in [0.2, 0.25) is 0 Å². The van der Waals surface area contributed by atoms with E-state index in [2.05, 4.69) is 25.3 Å². The summed E-state index contributed by atoms with van der Waals surface area (Å²) in [6.07, 6.45) is -0.450. The number of ether oxygens (including phenoxy) is 1. The zero-order valence-corrected chi connectivity index (χ0v) is 18.5. The standard InChI is InChI=1S/C22H23F3N6O4/c23-22(24,25)8-9-31(15-4-2-1-3-5-15)18-7-6-16(35-21(33)34)10-17(18)30-20(32)29-14-12-27-19(11-26)28-13-14/h6-7,10,12-13,15H,1-5,8-9H2,(H,33,34)(H2,29,30,32). The molecule has 1 aromatic heterocycles. The van der Waals surface area contributed by atoms with Crippen LogP contribution in [0.4, 0.5) is 39.8 Å². The molecule has 3 N–H and O–H groups in total. The number of rotatable bonds is 7. The van der Waals surface area contributed by atoms with Crippen LogP contribution >= 0.6 is 0 Å². The van der Waals surface area contributed by atoms with Crippen LogP contribution in [0.5, 0.6) is 5.75 Å². The highest BCUT2D eigenvalue weighted by Gasteiger charge is 2.31. The monoisotopic (exact) mass is 492 g/mol. The third kappa shape index (κ3) is 7.73. The van der Waals surface area contributed by atoms with Gasteiger partial charge in [0, 0.05) is 18.7 Å². The summed E-state index contributed by atoms with van der Waals surface area (Å²) in [7, 11) is 0. The molecule has 1 fully saturated rings. The van der Waals surface area contributed by atoms with E-state index < -0.39 is 24.8 Å². The molecule has 2 amide bonds. The quantitative estimate of drug-likeness (QED) is 0.356. The molecule has 3 rings (SSSR count). The first-order valence-corrected chi connectivity index (χ1v) is 10.8. The number of halogens is 3. The van der Waals surface area contributed by atoms with E-state index in [1.165, 1.54) is 30.6 Å². The molecule has 1 aromatic carbocycles. The Hall–Kier alpha value is -4.08. The molecule has 2 aromatic rings. The number of urea groups is 1. The summed E-state index contributed by atoms with van der Waals surface area (Å²) in [5, 5.41) is 22.7. The Bertz CT molecular complexity index is 1080. The van der Waals surface area contributed by atoms with E-state index in [9.17, 15) is 22.8 Å². The normalized spacial score (nSPS) is 14.0. The molecule has 0 spiro atoms. The molecule has 35 heavy (non-hydrogen) atoms. The molecule has 0 atom stereocenters. The van der Waals surface area contributed by atoms with Crippen LogP contribution in [-0.2, 0) is 0 Å². The van der Waals surface area contributed by atoms with Gasteiger partial charge in [-0.3, -0.25) is 0 Å². The maximum atomic E-state index is 13.1. The van der Waals surface area contributed by atoms with Gasteiger partial charge in [-0.2, -0.15) is 18.4 Å². The first-order valence-electron chi connectivity index (χ1n) is 10.8. The molecule has 13 heteroatoms. The van der Waals surface area contributed by atoms with Crippen molar-refractivity contribution < 1.29 is 32.6 Å². The fourth-order valence-corrected chi connectivity index (χ4v) is 3.90. The summed E-state index contributed by atoms with van der Waals surface area (Å²) in [5.41, 5.74) is 0.552. The van der Waals surface area contributed by atoms with Gasteiger partial charge in [0.1, 0.15) is 11.8 Å². The van der Waals surface area contributed by atoms with Gasteiger partial charge in [0.2, 0.25) is 5.82 Å². The van der Waals surface area contributed by atoms with E-state index >= 15 is 0 Å². The minimum atomic E-state index is -4.38. The van der Waals surface area contributed by atoms with Gasteiger partial charge >= 0.3 is 18.4 Å². The summed E-state index contributed by atoms with van der Waals surface area (Å²) in [4.78, 5) is 32.7. The SMILES string of the molecule is N#Cc1ncc(NC(=O)Nc2cc(OC(=O)O)ccc2N(CCC(F)(F)F)C2CCCCC2)cn1. The van der Waals surface area contributed by atoms with Crippen LogP contribution in [0.25, 0.3) is 0 Å². The first-order chi connectivity index (χ1) is 16.6. The molecular formula is C22H23F3N6O4. The molecule has 1 saturated carbocycles. The number of hydrogen-bond donors (Lipinski definition) is 3. The fraction of sp³-hybridized carbons (Fsp3) is 0.409. The van der Waals surface area contributed by atoms with Crippen molar-refractivity contribution in [2.24, 2.45) is 0 Å². The molecule has 1 aliphatic rings. The second-order valence-electron chi connectivity index (χ2n) is 7.88. The molecule has 0 radical (unpaired) electrons. The lowest BCUT2D eigenvalue weighted by molar-refractivity contribution is -0.132. The van der Waals surface area contributed by atoms with Crippen LogP contribution in [0, 0.1) is 11.3 Å². The van der Waals surface area contributed by atoms with Crippen molar-refractivity contribution in [3.8, 4) is 11.8 Å². The molecule has 1 aliphatic carbocycles. The van der Waals surface area contributed by atoms with E-state index in [0.717, 1.165) is 19.3 Å². The molecule has 0 saturated heterocycles. The van der Waals surface area contributed by atoms with Crippen molar-refractivity contribution in [2.45, 2.75) is 50.7 Å². The van der Waals surface area contributed by atoms with Gasteiger partial charge in [0.25, 0.3) is 0 Å². The number of hydrogen-bond acceptors (Lipinski definition) is 7. The third-order valence-electron chi connectivity index (χ3n) is 5.39. The van der Waals surface area contributed by atoms with E-state index in [4.69, 9.17) is 10.4 Å². The number of nitrogens with one attached hydrogen (secondary N) is 2. The van der Waals surface area contributed by atoms with Crippen LogP contribution in [0.15, 0.2) is 30.6 Å². The fourth-order valence-electron chi connectivity index (χ4n) is 3.90. The van der Waals surface area contributed by atoms with Crippen LogP contribution in [0.1, 0.15) is 44.3 Å². The molecule has 0 aliphatic heterocycles. The Labute approximate surface area is 198 Å². The largest absolute Gasteiger partial charge is 0.511 e. The Kier molecular flexibility index (Phi) is 8.30. The van der Waals surface area contributed by atoms with Crippen molar-refractivity contribution >= 4 is 29.2 Å². The second kappa shape index (κ2) is 11.4. The molecule has 1 heterocycles. The Morgan fingerprint density at radius 3 is 2.46 bits per heavy atom. The first kappa shape index (κ1) is 25.5. The topological polar surface area (TPSA) is 140 Å². The van der Waals surface area contributed by atoms with Gasteiger partial charge in [-0.05, 0) is 25.0 Å². The third-order valence-corrected chi connectivity index (χ3v) is 5.39. The highest BCUT2D eigenvalue weighted by atomic mass is 19.4. The smallest absolute Gasteiger partial charge is 0.449 e. The van der Waals surface area contributed by atoms with Gasteiger partial charge < -0.3 is 25.4 Å². The Morgan fingerprint density at radius 1 is 1.17 bits per heavy atom. The van der Waals surface area contributed by atoms with Gasteiger partial charge in [-0.1, -0.05) is 19.3 Å². The molecule has 0 unspecified atom stereocenters. The number of carbonyl (C=O) groups is 2. The zero-order valence-electron chi connectivity index (χ0n) is 18.5. The number of carbonyl (C=O) groups excluding carboxylic acids is 1. The average molecular weight is 492 g/mol. The highest BCUT2D eigenvalue weighted by molar-refractivity contribution is 6.02. The lowest BCUT2D eigenvalue weighted by Crippen LogP contribution is -2.39. The molecule has 10 nitrogen and oxygen atoms in total. The number of alkyl halides is 3. The van der Waals surface area contributed by atoms with Crippen molar-refractivity contribution in [3.63, 3.8) is 0 Å². The summed E-state index contributed by atoms with van der Waals surface area (Å²) >= 11 is 0. The number of amides is 2. The number of benzene rings is 1. The average Bonchev–Trinajstić information content (AvgIpc) is 2.80. The van der Waals surface area contributed by atoms with E-state index in [1.807, 2.05) is 0 Å². The number of anilines is 3. The number of nitriles is 1. The van der Waals surface area contributed by atoms with Gasteiger partial charge in [0.05, 0.1) is 35.9 Å². The van der Waals surface area contributed by atoms with E-state index in [0.29, 0.717) is 18.5 Å². The predicted molar refractivity (Wildman–Crippen MR) is 119 cm³/mol. The Balaban J connectivity index is 1.90. The lowest BCUT2D eigenvalue weighted by atomic mass is 9.93. The van der Waals surface area contributed by atoms with Crippen molar-refractivity contribution in [2.75, 3.05) is 22.1 Å². The van der Waals surface area contributed by atoms with E-state index in [-0.39, 0.29) is 35.5 Å².